The Hall–Kier alpha value is -5.84. The number of hydrogen-bond donors (Lipinski definition) is 3. The number of aliphatic hydroxyl groups excluding tert-OH is 1. The van der Waals surface area contributed by atoms with Crippen molar-refractivity contribution in [2.24, 2.45) is 0 Å². The SMILES string of the molecule is CC/C=C\C/C=C\C/C=C\C/C=C\C/C=C\C/C=C\CCC(=O)OCC(COP(=O)(O)OCC(O)COP(=O)(O)OCC(COC(=O)CCCCCCCC/C=C\C/C=C\C/C=C\C/C=C\CC)OC(=O)CCCC/C=C\C/C=C\C/C=C\C/C=C\CC)OC(=O)CCCCCCC/C=C\CCCCCCCC. The first-order valence-corrected chi connectivity index (χ1v) is 44.0. The molecule has 0 aromatic rings. The summed E-state index contributed by atoms with van der Waals surface area (Å²) in [5.74, 6) is -2.36. The zero-order valence-electron chi connectivity index (χ0n) is 66.9. The fourth-order valence-corrected chi connectivity index (χ4v) is 11.8. The van der Waals surface area contributed by atoms with Crippen LogP contribution in [-0.4, -0.2) is 96.7 Å². The molecule has 3 N–H and O–H groups in total. The van der Waals surface area contributed by atoms with Gasteiger partial charge in [-0.15, -0.1) is 0 Å². The molecule has 0 spiro atoms. The number of carbonyl (C=O) groups excluding carboxylic acids is 4. The highest BCUT2D eigenvalue weighted by Crippen LogP contribution is 2.45. The first kappa shape index (κ1) is 102. The van der Waals surface area contributed by atoms with Gasteiger partial charge in [-0.2, -0.15) is 0 Å². The van der Waals surface area contributed by atoms with Crippen LogP contribution in [0.25, 0.3) is 0 Å². The Balaban J connectivity index is 5.49. The van der Waals surface area contributed by atoms with Gasteiger partial charge in [-0.3, -0.25) is 37.3 Å². The summed E-state index contributed by atoms with van der Waals surface area (Å²) < 4.78 is 68.6. The van der Waals surface area contributed by atoms with Gasteiger partial charge in [-0.05, 0) is 167 Å². The largest absolute Gasteiger partial charge is 0.472 e. The standard InChI is InChI=1S/C89H144O17P2/c1-5-9-13-17-21-25-29-33-37-39-41-43-47-49-53-57-61-65-69-73-86(91)99-79-84(105-88(93)75-71-67-63-59-55-51-45-35-31-27-23-19-15-11-7-3)81-103-107(95,96)101-77-83(90)78-102-108(97,98)104-82-85(106-89(94)76-72-68-64-60-56-52-46-36-32-28-24-20-16-12-8-4)80-100-87(92)74-70-66-62-58-54-50-48-44-42-40-38-34-30-26-22-18-14-10-6-2/h9-11,13-15,21-23,25-27,33-38,41-46,50,54-55,59,62,66,83-85,90H,5-8,12,16-20,24,28-32,39-40,47-49,51-53,56-58,60-61,63-65,67-82H2,1-4H3,(H,95,96)(H,97,98)/b13-9-,14-10-,15-11-,25-21-,26-22-,27-23-,37-33-,38-34-,43-41-,44-42-,45-35-,46-36-,54-50-,59-55-,66-62-. The minimum atomic E-state index is -5.01. The molecule has 0 amide bonds. The second kappa shape index (κ2) is 79.3. The predicted molar refractivity (Wildman–Crippen MR) is 445 cm³/mol. The van der Waals surface area contributed by atoms with Crippen LogP contribution < -0.4 is 0 Å². The summed E-state index contributed by atoms with van der Waals surface area (Å²) in [6, 6.07) is 0. The van der Waals surface area contributed by atoms with Gasteiger partial charge in [-0.1, -0.05) is 287 Å². The molecule has 0 saturated carbocycles. The van der Waals surface area contributed by atoms with Crippen LogP contribution in [0.3, 0.4) is 0 Å². The summed E-state index contributed by atoms with van der Waals surface area (Å²) in [7, 11) is -10.0. The summed E-state index contributed by atoms with van der Waals surface area (Å²) in [5, 5.41) is 10.7. The van der Waals surface area contributed by atoms with Crippen LogP contribution in [0.15, 0.2) is 182 Å². The van der Waals surface area contributed by atoms with E-state index in [0.29, 0.717) is 38.5 Å². The van der Waals surface area contributed by atoms with E-state index in [-0.39, 0.29) is 25.7 Å². The lowest BCUT2D eigenvalue weighted by atomic mass is 10.1. The van der Waals surface area contributed by atoms with Crippen LogP contribution in [0.4, 0.5) is 0 Å². The summed E-state index contributed by atoms with van der Waals surface area (Å²) in [6.07, 6.45) is 96.0. The molecule has 0 aliphatic carbocycles. The van der Waals surface area contributed by atoms with Gasteiger partial charge in [0.05, 0.1) is 26.4 Å². The fraction of sp³-hybridized carbons (Fsp3) is 0.618. The highest BCUT2D eigenvalue weighted by atomic mass is 31.2. The minimum absolute atomic E-state index is 0.0279. The molecule has 19 heteroatoms. The van der Waals surface area contributed by atoms with Gasteiger partial charge in [0.25, 0.3) is 0 Å². The van der Waals surface area contributed by atoms with Crippen LogP contribution in [0, 0.1) is 0 Å². The molecule has 5 unspecified atom stereocenters. The number of aliphatic hydroxyl groups is 1. The first-order valence-electron chi connectivity index (χ1n) is 41.0. The van der Waals surface area contributed by atoms with Gasteiger partial charge >= 0.3 is 39.5 Å². The molecule has 17 nitrogen and oxygen atoms in total. The third kappa shape index (κ3) is 78.3. The zero-order valence-corrected chi connectivity index (χ0v) is 68.7. The predicted octanol–water partition coefficient (Wildman–Crippen LogP) is 24.3. The van der Waals surface area contributed by atoms with Gasteiger partial charge in [-0.25, -0.2) is 9.13 Å². The van der Waals surface area contributed by atoms with E-state index in [9.17, 15) is 43.2 Å². The quantitative estimate of drug-likeness (QED) is 0.0169. The molecule has 5 atom stereocenters. The van der Waals surface area contributed by atoms with Crippen LogP contribution in [0.2, 0.25) is 0 Å². The number of ether oxygens (including phenoxy) is 4. The minimum Gasteiger partial charge on any atom is -0.462 e. The van der Waals surface area contributed by atoms with Gasteiger partial charge in [0.15, 0.2) is 12.2 Å². The van der Waals surface area contributed by atoms with E-state index >= 15 is 0 Å². The number of carbonyl (C=O) groups is 4. The molecule has 0 heterocycles. The van der Waals surface area contributed by atoms with Crippen molar-refractivity contribution in [2.45, 2.75) is 316 Å². The van der Waals surface area contributed by atoms with Gasteiger partial charge in [0.2, 0.25) is 0 Å². The third-order valence-electron chi connectivity index (χ3n) is 16.4. The Morgan fingerprint density at radius 1 is 0.269 bits per heavy atom. The topological polar surface area (TPSA) is 237 Å². The first-order chi connectivity index (χ1) is 52.7. The average Bonchev–Trinajstić information content (AvgIpc) is 0.923. The monoisotopic (exact) mass is 1550 g/mol. The smallest absolute Gasteiger partial charge is 0.462 e. The molecule has 0 aliphatic rings. The number of allylic oxidation sites excluding steroid dienone is 30. The summed E-state index contributed by atoms with van der Waals surface area (Å²) in [5.41, 5.74) is 0. The van der Waals surface area contributed by atoms with E-state index in [2.05, 4.69) is 192 Å². The molecule has 0 aromatic carbocycles. The van der Waals surface area contributed by atoms with Crippen molar-refractivity contribution >= 4 is 39.5 Å². The Kier molecular flexibility index (Phi) is 75.0. The Bertz CT molecular complexity index is 2760. The second-order valence-electron chi connectivity index (χ2n) is 26.6. The molecule has 0 aromatic heterocycles. The van der Waals surface area contributed by atoms with E-state index < -0.39 is 97.5 Å². The molecule has 0 fully saturated rings. The molecule has 0 rings (SSSR count). The summed E-state index contributed by atoms with van der Waals surface area (Å²) in [4.78, 5) is 73.1. The zero-order chi connectivity index (χ0) is 78.9. The van der Waals surface area contributed by atoms with E-state index in [1.807, 2.05) is 18.2 Å². The van der Waals surface area contributed by atoms with Crippen LogP contribution in [0.1, 0.15) is 297 Å². The lowest BCUT2D eigenvalue weighted by Gasteiger charge is -2.21. The lowest BCUT2D eigenvalue weighted by Crippen LogP contribution is -2.30. The Morgan fingerprint density at radius 3 is 0.824 bits per heavy atom. The Morgan fingerprint density at radius 2 is 0.500 bits per heavy atom. The highest BCUT2D eigenvalue weighted by molar-refractivity contribution is 7.47. The maximum absolute atomic E-state index is 13.1. The number of esters is 4. The van der Waals surface area contributed by atoms with E-state index in [0.717, 1.165) is 167 Å². The second-order valence-corrected chi connectivity index (χ2v) is 29.5. The van der Waals surface area contributed by atoms with Crippen molar-refractivity contribution in [1.82, 2.24) is 0 Å². The van der Waals surface area contributed by atoms with Crippen LogP contribution in [-0.2, 0) is 65.4 Å². The number of hydrogen-bond acceptors (Lipinski definition) is 15. The van der Waals surface area contributed by atoms with Crippen molar-refractivity contribution in [1.29, 1.82) is 0 Å². The van der Waals surface area contributed by atoms with Crippen molar-refractivity contribution in [3.05, 3.63) is 182 Å². The average molecular weight is 1550 g/mol. The van der Waals surface area contributed by atoms with E-state index in [1.54, 1.807) is 0 Å². The van der Waals surface area contributed by atoms with E-state index in [4.69, 9.17) is 37.0 Å². The van der Waals surface area contributed by atoms with Crippen molar-refractivity contribution in [3.8, 4) is 0 Å². The maximum Gasteiger partial charge on any atom is 0.472 e. The van der Waals surface area contributed by atoms with Crippen LogP contribution >= 0.6 is 15.6 Å². The molecule has 0 bridgehead atoms. The maximum atomic E-state index is 13.1. The lowest BCUT2D eigenvalue weighted by molar-refractivity contribution is -0.161. The van der Waals surface area contributed by atoms with Crippen LogP contribution in [0.5, 0.6) is 0 Å². The van der Waals surface area contributed by atoms with Gasteiger partial charge in [0, 0.05) is 25.7 Å². The number of phosphoric acid groups is 2. The molecule has 108 heavy (non-hydrogen) atoms. The molecular formula is C89H144O17P2. The van der Waals surface area contributed by atoms with Gasteiger partial charge in [0.1, 0.15) is 19.3 Å². The number of rotatable bonds is 75. The van der Waals surface area contributed by atoms with Crippen molar-refractivity contribution in [2.75, 3.05) is 39.6 Å². The molecular weight excluding hydrogens is 1400 g/mol. The number of phosphoric ester groups is 2. The summed E-state index contributed by atoms with van der Waals surface area (Å²) in [6.45, 7) is 4.36. The molecule has 0 aliphatic heterocycles. The highest BCUT2D eigenvalue weighted by Gasteiger charge is 2.30. The molecule has 0 saturated heterocycles. The fourth-order valence-electron chi connectivity index (χ4n) is 10.2. The number of unbranched alkanes of at least 4 members (excludes halogenated alkanes) is 19. The molecule has 0 radical (unpaired) electrons. The third-order valence-corrected chi connectivity index (χ3v) is 18.3. The Labute approximate surface area is 654 Å². The van der Waals surface area contributed by atoms with Crippen molar-refractivity contribution < 1.29 is 80.2 Å². The van der Waals surface area contributed by atoms with Crippen molar-refractivity contribution in [3.63, 3.8) is 0 Å². The summed E-state index contributed by atoms with van der Waals surface area (Å²) >= 11 is 0. The van der Waals surface area contributed by atoms with E-state index in [1.165, 1.54) is 38.5 Å². The molecule has 612 valence electrons. The normalized spacial score (nSPS) is 14.8. The van der Waals surface area contributed by atoms with Gasteiger partial charge < -0.3 is 33.8 Å².